The first kappa shape index (κ1) is 12.4. The van der Waals surface area contributed by atoms with Crippen molar-refractivity contribution in [1.29, 1.82) is 0 Å². The normalized spacial score (nSPS) is 16.6. The third kappa shape index (κ3) is 2.56. The van der Waals surface area contributed by atoms with Crippen LogP contribution in [0.15, 0.2) is 18.6 Å². The van der Waals surface area contributed by atoms with Gasteiger partial charge in [-0.2, -0.15) is 5.10 Å². The van der Waals surface area contributed by atoms with Gasteiger partial charge in [0.1, 0.15) is 0 Å². The summed E-state index contributed by atoms with van der Waals surface area (Å²) in [5, 5.41) is 7.58. The highest BCUT2D eigenvalue weighted by Crippen LogP contribution is 2.21. The first-order chi connectivity index (χ1) is 9.02. The molecule has 3 rings (SSSR count). The molecule has 0 fully saturated rings. The molecule has 2 aromatic heterocycles. The van der Waals surface area contributed by atoms with Crippen molar-refractivity contribution in [3.8, 4) is 0 Å². The van der Waals surface area contributed by atoms with E-state index in [0.29, 0.717) is 0 Å². The maximum Gasteiger partial charge on any atom is 0.0949 e. The van der Waals surface area contributed by atoms with E-state index in [-0.39, 0.29) is 5.41 Å². The van der Waals surface area contributed by atoms with Crippen LogP contribution in [0, 0.1) is 0 Å². The lowest BCUT2D eigenvalue weighted by Crippen LogP contribution is -2.32. The SMILES string of the molecule is CC(C)(C)c1cc(CN2CCn3cncc3C2)[nH]n1. The molecule has 0 saturated carbocycles. The summed E-state index contributed by atoms with van der Waals surface area (Å²) in [6.45, 7) is 10.5. The van der Waals surface area contributed by atoms with E-state index in [1.165, 1.54) is 11.4 Å². The third-order valence-corrected chi connectivity index (χ3v) is 3.63. The van der Waals surface area contributed by atoms with Crippen LogP contribution in [0.4, 0.5) is 0 Å². The summed E-state index contributed by atoms with van der Waals surface area (Å²) in [6, 6.07) is 2.19. The van der Waals surface area contributed by atoms with Crippen molar-refractivity contribution in [3.63, 3.8) is 0 Å². The van der Waals surface area contributed by atoms with Crippen molar-refractivity contribution in [2.24, 2.45) is 0 Å². The van der Waals surface area contributed by atoms with E-state index in [2.05, 4.69) is 51.5 Å². The lowest BCUT2D eigenvalue weighted by molar-refractivity contribution is 0.210. The second-order valence-corrected chi connectivity index (χ2v) is 6.32. The van der Waals surface area contributed by atoms with Crippen molar-refractivity contribution in [1.82, 2.24) is 24.6 Å². The van der Waals surface area contributed by atoms with E-state index in [9.17, 15) is 0 Å². The Labute approximate surface area is 113 Å². The third-order valence-electron chi connectivity index (χ3n) is 3.63. The average molecular weight is 259 g/mol. The lowest BCUT2D eigenvalue weighted by atomic mass is 9.92. The molecule has 0 atom stereocenters. The highest BCUT2D eigenvalue weighted by molar-refractivity contribution is 5.16. The van der Waals surface area contributed by atoms with Gasteiger partial charge in [0.25, 0.3) is 0 Å². The lowest BCUT2D eigenvalue weighted by Gasteiger charge is -2.27. The van der Waals surface area contributed by atoms with Crippen LogP contribution in [-0.4, -0.2) is 31.2 Å². The standard InChI is InChI=1S/C14H21N5/c1-14(2,3)13-6-11(16-17-13)8-18-4-5-19-10-15-7-12(19)9-18/h6-7,10H,4-5,8-9H2,1-3H3,(H,16,17). The van der Waals surface area contributed by atoms with Crippen molar-refractivity contribution >= 4 is 0 Å². The zero-order valence-electron chi connectivity index (χ0n) is 11.8. The van der Waals surface area contributed by atoms with Crippen LogP contribution < -0.4 is 0 Å². The van der Waals surface area contributed by atoms with Gasteiger partial charge in [0.15, 0.2) is 0 Å². The molecule has 5 heteroatoms. The number of imidazole rings is 1. The summed E-state index contributed by atoms with van der Waals surface area (Å²) in [4.78, 5) is 6.63. The van der Waals surface area contributed by atoms with Gasteiger partial charge in [0, 0.05) is 43.5 Å². The fourth-order valence-corrected chi connectivity index (χ4v) is 2.44. The summed E-state index contributed by atoms with van der Waals surface area (Å²) >= 11 is 0. The van der Waals surface area contributed by atoms with E-state index >= 15 is 0 Å². The van der Waals surface area contributed by atoms with E-state index in [1.807, 2.05) is 12.5 Å². The quantitative estimate of drug-likeness (QED) is 0.896. The van der Waals surface area contributed by atoms with E-state index in [4.69, 9.17) is 0 Å². The number of hydrogen-bond donors (Lipinski definition) is 1. The molecule has 0 aromatic carbocycles. The van der Waals surface area contributed by atoms with Gasteiger partial charge in [0.2, 0.25) is 0 Å². The van der Waals surface area contributed by atoms with Gasteiger partial charge < -0.3 is 4.57 Å². The summed E-state index contributed by atoms with van der Waals surface area (Å²) in [7, 11) is 0. The average Bonchev–Trinajstić information content (AvgIpc) is 2.95. The smallest absolute Gasteiger partial charge is 0.0949 e. The Morgan fingerprint density at radius 3 is 2.89 bits per heavy atom. The minimum Gasteiger partial charge on any atom is -0.332 e. The predicted octanol–water partition coefficient (Wildman–Crippen LogP) is 1.92. The van der Waals surface area contributed by atoms with E-state index < -0.39 is 0 Å². The predicted molar refractivity (Wildman–Crippen MR) is 73.6 cm³/mol. The maximum absolute atomic E-state index is 4.42. The fourth-order valence-electron chi connectivity index (χ4n) is 2.44. The molecule has 3 heterocycles. The Hall–Kier alpha value is -1.62. The van der Waals surface area contributed by atoms with Gasteiger partial charge in [-0.25, -0.2) is 4.98 Å². The fraction of sp³-hybridized carbons (Fsp3) is 0.571. The summed E-state index contributed by atoms with van der Waals surface area (Å²) in [5.74, 6) is 0. The van der Waals surface area contributed by atoms with Crippen molar-refractivity contribution in [3.05, 3.63) is 35.7 Å². The molecule has 1 aliphatic rings. The number of hydrogen-bond acceptors (Lipinski definition) is 3. The Bertz CT molecular complexity index is 560. The molecule has 5 nitrogen and oxygen atoms in total. The molecule has 0 saturated heterocycles. The number of nitrogens with one attached hydrogen (secondary N) is 1. The van der Waals surface area contributed by atoms with Gasteiger partial charge in [-0.1, -0.05) is 20.8 Å². The maximum atomic E-state index is 4.42. The minimum atomic E-state index is 0.106. The topological polar surface area (TPSA) is 49.7 Å². The van der Waals surface area contributed by atoms with Gasteiger partial charge in [0.05, 0.1) is 17.7 Å². The Morgan fingerprint density at radius 2 is 2.16 bits per heavy atom. The first-order valence-electron chi connectivity index (χ1n) is 6.78. The first-order valence-corrected chi connectivity index (χ1v) is 6.78. The summed E-state index contributed by atoms with van der Waals surface area (Å²) in [6.07, 6.45) is 3.88. The zero-order valence-corrected chi connectivity index (χ0v) is 11.8. The molecule has 0 amide bonds. The van der Waals surface area contributed by atoms with E-state index in [0.717, 1.165) is 31.9 Å². The van der Waals surface area contributed by atoms with Crippen LogP contribution in [0.5, 0.6) is 0 Å². The van der Waals surface area contributed by atoms with Crippen molar-refractivity contribution < 1.29 is 0 Å². The summed E-state index contributed by atoms with van der Waals surface area (Å²) in [5.41, 5.74) is 3.72. The number of H-pyrrole nitrogens is 1. The van der Waals surface area contributed by atoms with Crippen LogP contribution >= 0.6 is 0 Å². The molecule has 0 spiro atoms. The van der Waals surface area contributed by atoms with Gasteiger partial charge in [-0.05, 0) is 6.07 Å². The van der Waals surface area contributed by atoms with Crippen LogP contribution in [0.1, 0.15) is 37.9 Å². The molecule has 0 bridgehead atoms. The van der Waals surface area contributed by atoms with Gasteiger partial charge in [-0.15, -0.1) is 0 Å². The molecule has 0 aliphatic carbocycles. The molecule has 1 aliphatic heterocycles. The molecular weight excluding hydrogens is 238 g/mol. The Balaban J connectivity index is 1.68. The number of rotatable bonds is 2. The Kier molecular flexibility index (Phi) is 2.93. The monoisotopic (exact) mass is 259 g/mol. The number of aromatic amines is 1. The molecule has 19 heavy (non-hydrogen) atoms. The second-order valence-electron chi connectivity index (χ2n) is 6.32. The minimum absolute atomic E-state index is 0.106. The molecule has 1 N–H and O–H groups in total. The highest BCUT2D eigenvalue weighted by Gasteiger charge is 2.20. The molecule has 2 aromatic rings. The van der Waals surface area contributed by atoms with Crippen LogP contribution in [-0.2, 0) is 25.0 Å². The Morgan fingerprint density at radius 1 is 1.32 bits per heavy atom. The highest BCUT2D eigenvalue weighted by atomic mass is 15.2. The number of nitrogens with zero attached hydrogens (tertiary/aromatic N) is 4. The van der Waals surface area contributed by atoms with Crippen molar-refractivity contribution in [2.45, 2.75) is 45.8 Å². The largest absolute Gasteiger partial charge is 0.332 e. The molecule has 0 radical (unpaired) electrons. The van der Waals surface area contributed by atoms with Crippen LogP contribution in [0.3, 0.4) is 0 Å². The second kappa shape index (κ2) is 4.49. The van der Waals surface area contributed by atoms with Crippen LogP contribution in [0.25, 0.3) is 0 Å². The molecular formula is C14H21N5. The van der Waals surface area contributed by atoms with Gasteiger partial charge in [-0.3, -0.25) is 10.00 Å². The molecule has 0 unspecified atom stereocenters. The van der Waals surface area contributed by atoms with Crippen LogP contribution in [0.2, 0.25) is 0 Å². The van der Waals surface area contributed by atoms with E-state index in [1.54, 1.807) is 0 Å². The zero-order chi connectivity index (χ0) is 13.5. The number of aromatic nitrogens is 4. The summed E-state index contributed by atoms with van der Waals surface area (Å²) < 4.78 is 2.23. The van der Waals surface area contributed by atoms with Crippen molar-refractivity contribution in [2.75, 3.05) is 6.54 Å². The number of fused-ring (bicyclic) bond motifs is 1. The van der Waals surface area contributed by atoms with Gasteiger partial charge >= 0.3 is 0 Å². The molecule has 102 valence electrons.